The largest absolute Gasteiger partial charge is 0.508 e. The first-order valence-corrected chi connectivity index (χ1v) is 6.31. The lowest BCUT2D eigenvalue weighted by Crippen LogP contribution is -2.29. The Hall–Kier alpha value is -3.15. The summed E-state index contributed by atoms with van der Waals surface area (Å²) in [5, 5.41) is 14.5. The topological polar surface area (TPSA) is 84.7 Å². The van der Waals surface area contributed by atoms with Gasteiger partial charge in [0, 0.05) is 5.39 Å². The van der Waals surface area contributed by atoms with Crippen molar-refractivity contribution < 1.29 is 14.6 Å². The van der Waals surface area contributed by atoms with Crippen LogP contribution in [0.1, 0.15) is 16.1 Å². The van der Waals surface area contributed by atoms with Gasteiger partial charge in [0.15, 0.2) is 11.5 Å². The van der Waals surface area contributed by atoms with Gasteiger partial charge < -0.3 is 9.84 Å². The summed E-state index contributed by atoms with van der Waals surface area (Å²) in [6.07, 6.45) is 0. The van der Waals surface area contributed by atoms with E-state index in [0.717, 1.165) is 0 Å². The molecule has 2 heterocycles. The number of hydrogen-bond acceptors (Lipinski definition) is 5. The predicted molar refractivity (Wildman–Crippen MR) is 72.5 cm³/mol. The van der Waals surface area contributed by atoms with E-state index in [1.165, 1.54) is 16.8 Å². The Morgan fingerprint density at radius 3 is 2.67 bits per heavy atom. The van der Waals surface area contributed by atoms with Crippen LogP contribution in [0.4, 0.5) is 0 Å². The van der Waals surface area contributed by atoms with Crippen LogP contribution in [0, 0.1) is 0 Å². The smallest absolute Gasteiger partial charge is 0.279 e. The molecule has 2 aromatic carbocycles. The predicted octanol–water partition coefficient (Wildman–Crippen LogP) is 1.74. The van der Waals surface area contributed by atoms with Gasteiger partial charge in [0.2, 0.25) is 5.78 Å². The number of carbonyl (C=O) groups excluding carboxylic acids is 1. The molecule has 0 radical (unpaired) electrons. The number of nitrogens with zero attached hydrogens (tertiary/aromatic N) is 2. The molecule has 0 unspecified atom stereocenters. The first kappa shape index (κ1) is 10.6. The van der Waals surface area contributed by atoms with Crippen molar-refractivity contribution >= 4 is 16.6 Å². The maximum atomic E-state index is 12.5. The molecule has 6 heteroatoms. The molecule has 0 saturated carbocycles. The molecule has 21 heavy (non-hydrogen) atoms. The zero-order valence-corrected chi connectivity index (χ0v) is 10.5. The second kappa shape index (κ2) is 3.12. The first-order valence-electron chi connectivity index (χ1n) is 6.31. The average molecular weight is 278 g/mol. The Labute approximate surface area is 116 Å². The van der Waals surface area contributed by atoms with Crippen LogP contribution in [-0.4, -0.2) is 20.7 Å². The number of benzene rings is 2. The summed E-state index contributed by atoms with van der Waals surface area (Å²) < 4.78 is 6.39. The number of hydrogen-bond donors (Lipinski definition) is 1. The van der Waals surface area contributed by atoms with Gasteiger partial charge in [-0.2, -0.15) is 9.78 Å². The average Bonchev–Trinajstić information content (AvgIpc) is 3.24. The van der Waals surface area contributed by atoms with Gasteiger partial charge in [-0.1, -0.05) is 0 Å². The molecular formula is C15H6N2O4. The molecule has 0 spiro atoms. The third-order valence-electron chi connectivity index (χ3n) is 3.81. The molecule has 0 bridgehead atoms. The van der Waals surface area contributed by atoms with Crippen molar-refractivity contribution in [2.24, 2.45) is 0 Å². The summed E-state index contributed by atoms with van der Waals surface area (Å²) in [6, 6.07) is 7.70. The van der Waals surface area contributed by atoms with E-state index >= 15 is 0 Å². The van der Waals surface area contributed by atoms with Gasteiger partial charge in [0.25, 0.3) is 5.56 Å². The van der Waals surface area contributed by atoms with E-state index < -0.39 is 0 Å². The summed E-state index contributed by atoms with van der Waals surface area (Å²) in [4.78, 5) is 24.6. The highest BCUT2D eigenvalue weighted by molar-refractivity contribution is 6.33. The first-order chi connectivity index (χ1) is 10.1. The summed E-state index contributed by atoms with van der Waals surface area (Å²) >= 11 is 0. The highest BCUT2D eigenvalue weighted by Crippen LogP contribution is 2.54. The van der Waals surface area contributed by atoms with E-state index in [9.17, 15) is 14.7 Å². The highest BCUT2D eigenvalue weighted by atomic mass is 16.6. The fraction of sp³-hybridized carbons (Fsp3) is 0. The molecule has 1 aromatic heterocycles. The minimum absolute atomic E-state index is 0.0940. The zero-order chi connectivity index (χ0) is 14.3. The monoisotopic (exact) mass is 278 g/mol. The quantitative estimate of drug-likeness (QED) is 0.472. The molecule has 1 aliphatic heterocycles. The van der Waals surface area contributed by atoms with Crippen molar-refractivity contribution in [3.63, 3.8) is 0 Å². The molecule has 1 aliphatic carbocycles. The van der Waals surface area contributed by atoms with Gasteiger partial charge in [-0.3, -0.25) is 9.59 Å². The summed E-state index contributed by atoms with van der Waals surface area (Å²) in [7, 11) is 0. The van der Waals surface area contributed by atoms with Crippen molar-refractivity contribution in [2.75, 3.05) is 0 Å². The molecule has 3 aromatic rings. The maximum Gasteiger partial charge on any atom is 0.279 e. The Balaban J connectivity index is 1.89. The van der Waals surface area contributed by atoms with Crippen LogP contribution in [0.3, 0.4) is 0 Å². The summed E-state index contributed by atoms with van der Waals surface area (Å²) in [5.74, 6) is 1.05. The number of fused-ring (bicyclic) bond motifs is 2. The molecule has 0 saturated heterocycles. The summed E-state index contributed by atoms with van der Waals surface area (Å²) in [5.41, 5.74) is 0.931. The number of phenols is 1. The third kappa shape index (κ3) is 1.15. The fourth-order valence-electron chi connectivity index (χ4n) is 2.73. The van der Waals surface area contributed by atoms with E-state index in [-0.39, 0.29) is 22.8 Å². The molecule has 0 fully saturated rings. The Morgan fingerprint density at radius 1 is 1.14 bits per heavy atom. The number of rotatable bonds is 1. The lowest BCUT2D eigenvalue weighted by atomic mass is 9.89. The van der Waals surface area contributed by atoms with Crippen LogP contribution in [0.5, 0.6) is 17.2 Å². The lowest BCUT2D eigenvalue weighted by Gasteiger charge is -2.17. The molecule has 2 aliphatic rings. The van der Waals surface area contributed by atoms with Gasteiger partial charge in [0.1, 0.15) is 11.4 Å². The van der Waals surface area contributed by atoms with Crippen molar-refractivity contribution in [2.45, 2.75) is 0 Å². The van der Waals surface area contributed by atoms with Gasteiger partial charge in [-0.25, -0.2) is 0 Å². The maximum absolute atomic E-state index is 12.5. The molecule has 6 nitrogen and oxygen atoms in total. The minimum Gasteiger partial charge on any atom is -0.508 e. The Kier molecular flexibility index (Phi) is 1.58. The molecule has 100 valence electrons. The van der Waals surface area contributed by atoms with E-state index in [1.807, 2.05) is 0 Å². The Morgan fingerprint density at radius 2 is 1.90 bits per heavy atom. The van der Waals surface area contributed by atoms with Gasteiger partial charge in [0.05, 0.1) is 16.6 Å². The van der Waals surface area contributed by atoms with E-state index in [0.29, 0.717) is 33.5 Å². The normalized spacial score (nSPS) is 13.6. The number of phenolic OH excluding ortho intramolecular Hbond substituents is 1. The van der Waals surface area contributed by atoms with Crippen LogP contribution >= 0.6 is 0 Å². The van der Waals surface area contributed by atoms with Crippen LogP contribution in [0.2, 0.25) is 0 Å². The zero-order valence-electron chi connectivity index (χ0n) is 10.5. The van der Waals surface area contributed by atoms with Crippen LogP contribution in [0.25, 0.3) is 16.5 Å². The van der Waals surface area contributed by atoms with Gasteiger partial charge >= 0.3 is 0 Å². The van der Waals surface area contributed by atoms with Crippen molar-refractivity contribution in [1.29, 1.82) is 0 Å². The number of ketones is 1. The van der Waals surface area contributed by atoms with Crippen LogP contribution in [0.15, 0.2) is 35.1 Å². The van der Waals surface area contributed by atoms with Crippen LogP contribution < -0.4 is 10.3 Å². The lowest BCUT2D eigenvalue weighted by molar-refractivity contribution is 0.102. The Bertz CT molecular complexity index is 1050. The third-order valence-corrected chi connectivity index (χ3v) is 3.81. The molecule has 5 rings (SSSR count). The second-order valence-corrected chi connectivity index (χ2v) is 5.01. The number of aromatic nitrogens is 2. The standard InChI is InChI=1S/C15H6N2O4/c18-7-3-1-6(2-4-7)17-15(20)8-5-9-14(21-9)11-10(8)12(16-17)13(11)19/h1-5,18H. The number of aromatic hydroxyl groups is 1. The van der Waals surface area contributed by atoms with Gasteiger partial charge in [-0.05, 0) is 30.3 Å². The molecule has 1 N–H and O–H groups in total. The van der Waals surface area contributed by atoms with E-state index in [2.05, 4.69) is 5.10 Å². The van der Waals surface area contributed by atoms with E-state index in [1.54, 1.807) is 18.2 Å². The SMILES string of the molecule is O=C1c2nn(-c3ccc(O)cc3)c(=O)c3cc4c(c1c23)O4. The molecule has 0 atom stereocenters. The minimum atomic E-state index is -0.313. The second-order valence-electron chi connectivity index (χ2n) is 5.01. The highest BCUT2D eigenvalue weighted by Gasteiger charge is 2.42. The molecule has 0 amide bonds. The van der Waals surface area contributed by atoms with Gasteiger partial charge in [-0.15, -0.1) is 0 Å². The van der Waals surface area contributed by atoms with E-state index in [4.69, 9.17) is 4.74 Å². The molecular weight excluding hydrogens is 272 g/mol. The number of carbonyl (C=O) groups is 1. The van der Waals surface area contributed by atoms with Crippen molar-refractivity contribution in [1.82, 2.24) is 9.78 Å². The van der Waals surface area contributed by atoms with Crippen molar-refractivity contribution in [3.8, 4) is 22.9 Å². The number of ether oxygens (including phenoxy) is 1. The summed E-state index contributed by atoms with van der Waals surface area (Å²) in [6.45, 7) is 0. The van der Waals surface area contributed by atoms with Crippen molar-refractivity contribution in [3.05, 3.63) is 51.9 Å². The van der Waals surface area contributed by atoms with Crippen LogP contribution in [-0.2, 0) is 0 Å². The fourth-order valence-corrected chi connectivity index (χ4v) is 2.73.